The summed E-state index contributed by atoms with van der Waals surface area (Å²) in [6, 6.07) is 7.47. The molecule has 0 spiro atoms. The summed E-state index contributed by atoms with van der Waals surface area (Å²) in [7, 11) is 0. The second-order valence-electron chi connectivity index (χ2n) is 7.99. The molecule has 2 aliphatic rings. The van der Waals surface area contributed by atoms with Crippen LogP contribution >= 0.6 is 0 Å². The van der Waals surface area contributed by atoms with Gasteiger partial charge in [0.05, 0.1) is 5.69 Å². The summed E-state index contributed by atoms with van der Waals surface area (Å²) in [6.45, 7) is 8.16. The number of piperidine rings is 1. The number of carbonyl (C=O) groups is 1. The Balaban J connectivity index is 1.28. The van der Waals surface area contributed by atoms with E-state index in [4.69, 9.17) is 9.47 Å². The first-order valence-corrected chi connectivity index (χ1v) is 10.0. The molecule has 1 fully saturated rings. The number of nitrogens with zero attached hydrogens (tertiary/aromatic N) is 2. The van der Waals surface area contributed by atoms with Crippen molar-refractivity contribution in [3.8, 4) is 11.5 Å². The predicted octanol–water partition coefficient (Wildman–Crippen LogP) is 2.90. The van der Waals surface area contributed by atoms with Gasteiger partial charge in [-0.05, 0) is 55.5 Å². The van der Waals surface area contributed by atoms with Crippen LogP contribution < -0.4 is 14.8 Å². The Morgan fingerprint density at radius 1 is 1.32 bits per heavy atom. The quantitative estimate of drug-likeness (QED) is 0.801. The summed E-state index contributed by atoms with van der Waals surface area (Å²) in [5, 5.41) is 10.6. The van der Waals surface area contributed by atoms with E-state index in [1.807, 2.05) is 0 Å². The Kier molecular flexibility index (Phi) is 5.52. The maximum atomic E-state index is 12.5. The van der Waals surface area contributed by atoms with Crippen LogP contribution in [0.1, 0.15) is 54.4 Å². The van der Waals surface area contributed by atoms with E-state index in [9.17, 15) is 4.79 Å². The van der Waals surface area contributed by atoms with Crippen LogP contribution in [0, 0.1) is 5.92 Å². The Hall–Kier alpha value is -2.54. The summed E-state index contributed by atoms with van der Waals surface area (Å²) in [5.41, 5.74) is 2.88. The molecule has 1 amide bonds. The normalized spacial score (nSPS) is 19.2. The zero-order chi connectivity index (χ0) is 19.5. The van der Waals surface area contributed by atoms with Gasteiger partial charge in [-0.15, -0.1) is 0 Å². The number of benzene rings is 1. The number of aromatic amines is 1. The number of hydrogen-bond donors (Lipinski definition) is 2. The van der Waals surface area contributed by atoms with Crippen LogP contribution in [-0.4, -0.2) is 47.4 Å². The second kappa shape index (κ2) is 8.22. The molecule has 7 nitrogen and oxygen atoms in total. The summed E-state index contributed by atoms with van der Waals surface area (Å²) < 4.78 is 10.7. The number of carbonyl (C=O) groups excluding carboxylic acids is 1. The molecule has 0 aliphatic carbocycles. The number of rotatable bonds is 6. The van der Waals surface area contributed by atoms with E-state index in [0.717, 1.165) is 43.9 Å². The van der Waals surface area contributed by atoms with Gasteiger partial charge in [-0.2, -0.15) is 5.10 Å². The summed E-state index contributed by atoms with van der Waals surface area (Å²) in [5.74, 6) is 2.16. The molecule has 150 valence electrons. The number of H-pyrrole nitrogens is 1. The van der Waals surface area contributed by atoms with Gasteiger partial charge in [0.25, 0.3) is 5.91 Å². The number of aromatic nitrogens is 2. The number of fused-ring (bicyclic) bond motifs is 1. The number of likely N-dealkylation sites (tertiary alicyclic amines) is 1. The van der Waals surface area contributed by atoms with E-state index in [1.54, 1.807) is 18.2 Å². The minimum atomic E-state index is -0.0643. The summed E-state index contributed by atoms with van der Waals surface area (Å²) >= 11 is 0. The molecule has 4 rings (SSSR count). The van der Waals surface area contributed by atoms with E-state index in [2.05, 4.69) is 40.3 Å². The SMILES string of the molecule is CC(C)c1cc(CN2CCC[C@H](CNC(=O)c3ccc4c(c3)OCO4)C2)[nH]n1. The highest BCUT2D eigenvalue weighted by Crippen LogP contribution is 2.32. The average Bonchev–Trinajstić information content (AvgIpc) is 3.35. The molecule has 1 atom stereocenters. The van der Waals surface area contributed by atoms with E-state index in [-0.39, 0.29) is 12.7 Å². The van der Waals surface area contributed by atoms with Gasteiger partial charge in [0.2, 0.25) is 6.79 Å². The predicted molar refractivity (Wildman–Crippen MR) is 106 cm³/mol. The number of ether oxygens (including phenoxy) is 2. The highest BCUT2D eigenvalue weighted by atomic mass is 16.7. The van der Waals surface area contributed by atoms with E-state index < -0.39 is 0 Å². The van der Waals surface area contributed by atoms with Gasteiger partial charge >= 0.3 is 0 Å². The lowest BCUT2D eigenvalue weighted by Crippen LogP contribution is -2.40. The molecular weight excluding hydrogens is 356 g/mol. The third-order valence-electron chi connectivity index (χ3n) is 5.43. The molecule has 2 N–H and O–H groups in total. The van der Waals surface area contributed by atoms with Crippen LogP contribution in [0.2, 0.25) is 0 Å². The van der Waals surface area contributed by atoms with Crippen molar-refractivity contribution in [3.63, 3.8) is 0 Å². The number of nitrogens with one attached hydrogen (secondary N) is 2. The highest BCUT2D eigenvalue weighted by Gasteiger charge is 2.22. The van der Waals surface area contributed by atoms with E-state index >= 15 is 0 Å². The molecule has 1 aromatic heterocycles. The van der Waals surface area contributed by atoms with Crippen LogP contribution in [0.25, 0.3) is 0 Å². The molecule has 3 heterocycles. The van der Waals surface area contributed by atoms with E-state index in [1.165, 1.54) is 0 Å². The second-order valence-corrected chi connectivity index (χ2v) is 7.99. The zero-order valence-corrected chi connectivity index (χ0v) is 16.5. The monoisotopic (exact) mass is 384 g/mol. The topological polar surface area (TPSA) is 79.5 Å². The van der Waals surface area contributed by atoms with Crippen molar-refractivity contribution in [3.05, 3.63) is 41.2 Å². The average molecular weight is 384 g/mol. The first-order valence-electron chi connectivity index (χ1n) is 10.0. The van der Waals surface area contributed by atoms with Crippen molar-refractivity contribution in [2.24, 2.45) is 5.92 Å². The molecule has 7 heteroatoms. The Bertz CT molecular complexity index is 833. The third kappa shape index (κ3) is 4.30. The zero-order valence-electron chi connectivity index (χ0n) is 16.5. The summed E-state index contributed by atoms with van der Waals surface area (Å²) in [6.07, 6.45) is 2.29. The van der Waals surface area contributed by atoms with Crippen molar-refractivity contribution in [2.45, 2.75) is 39.2 Å². The van der Waals surface area contributed by atoms with Gasteiger partial charge in [-0.1, -0.05) is 13.8 Å². The van der Waals surface area contributed by atoms with Crippen molar-refractivity contribution in [1.29, 1.82) is 0 Å². The lowest BCUT2D eigenvalue weighted by molar-refractivity contribution is 0.0930. The lowest BCUT2D eigenvalue weighted by atomic mass is 9.97. The first-order chi connectivity index (χ1) is 13.6. The minimum Gasteiger partial charge on any atom is -0.454 e. The molecule has 0 unspecified atom stereocenters. The van der Waals surface area contributed by atoms with Gasteiger partial charge in [0.1, 0.15) is 0 Å². The van der Waals surface area contributed by atoms with Gasteiger partial charge in [-0.25, -0.2) is 0 Å². The Labute approximate surface area is 165 Å². The molecule has 2 aliphatic heterocycles. The molecule has 0 bridgehead atoms. The standard InChI is InChI=1S/C21H28N4O3/c1-14(2)18-9-17(23-24-18)12-25-7-3-4-15(11-25)10-22-21(26)16-5-6-19-20(8-16)28-13-27-19/h5-6,8-9,14-15H,3-4,7,10-13H2,1-2H3,(H,22,26)(H,23,24)/t15-/m1/s1. The highest BCUT2D eigenvalue weighted by molar-refractivity contribution is 5.94. The molecule has 2 aromatic rings. The number of hydrogen-bond acceptors (Lipinski definition) is 5. The molecule has 0 saturated carbocycles. The molecule has 28 heavy (non-hydrogen) atoms. The largest absolute Gasteiger partial charge is 0.454 e. The first kappa shape index (κ1) is 18.8. The van der Waals surface area contributed by atoms with Gasteiger partial charge in [0.15, 0.2) is 11.5 Å². The van der Waals surface area contributed by atoms with E-state index in [0.29, 0.717) is 35.4 Å². The van der Waals surface area contributed by atoms with Crippen LogP contribution in [0.3, 0.4) is 0 Å². The van der Waals surface area contributed by atoms with Crippen LogP contribution in [0.5, 0.6) is 11.5 Å². The van der Waals surface area contributed by atoms with Crippen molar-refractivity contribution < 1.29 is 14.3 Å². The maximum Gasteiger partial charge on any atom is 0.251 e. The van der Waals surface area contributed by atoms with Gasteiger partial charge in [-0.3, -0.25) is 14.8 Å². The molecule has 1 saturated heterocycles. The summed E-state index contributed by atoms with van der Waals surface area (Å²) in [4.78, 5) is 14.9. The van der Waals surface area contributed by atoms with Gasteiger partial charge < -0.3 is 14.8 Å². The molecular formula is C21H28N4O3. The molecule has 1 aromatic carbocycles. The van der Waals surface area contributed by atoms with Crippen LogP contribution in [0.15, 0.2) is 24.3 Å². The fourth-order valence-electron chi connectivity index (χ4n) is 3.84. The van der Waals surface area contributed by atoms with Crippen molar-refractivity contribution in [1.82, 2.24) is 20.4 Å². The van der Waals surface area contributed by atoms with Gasteiger partial charge in [0, 0.05) is 30.9 Å². The van der Waals surface area contributed by atoms with Crippen molar-refractivity contribution >= 4 is 5.91 Å². The fraction of sp³-hybridized carbons (Fsp3) is 0.524. The smallest absolute Gasteiger partial charge is 0.251 e. The Morgan fingerprint density at radius 3 is 3.00 bits per heavy atom. The lowest BCUT2D eigenvalue weighted by Gasteiger charge is -2.32. The van der Waals surface area contributed by atoms with Crippen molar-refractivity contribution in [2.75, 3.05) is 26.4 Å². The van der Waals surface area contributed by atoms with Crippen LogP contribution in [0.4, 0.5) is 0 Å². The third-order valence-corrected chi connectivity index (χ3v) is 5.43. The maximum absolute atomic E-state index is 12.5. The Morgan fingerprint density at radius 2 is 2.18 bits per heavy atom. The van der Waals surface area contributed by atoms with Crippen LogP contribution in [-0.2, 0) is 6.54 Å². The minimum absolute atomic E-state index is 0.0643. The number of amides is 1. The molecule has 0 radical (unpaired) electrons. The fourth-order valence-corrected chi connectivity index (χ4v) is 3.84.